The van der Waals surface area contributed by atoms with Gasteiger partial charge in [-0.2, -0.15) is 0 Å². The third kappa shape index (κ3) is 2.95. The highest BCUT2D eigenvalue weighted by molar-refractivity contribution is 5.43. The van der Waals surface area contributed by atoms with E-state index in [-0.39, 0.29) is 1.43 Å². The summed E-state index contributed by atoms with van der Waals surface area (Å²) in [6.07, 6.45) is 7.87. The van der Waals surface area contributed by atoms with Gasteiger partial charge in [0.25, 0.3) is 0 Å². The second-order valence-electron chi connectivity index (χ2n) is 4.64. The predicted molar refractivity (Wildman–Crippen MR) is 66.3 cm³/mol. The van der Waals surface area contributed by atoms with E-state index in [9.17, 15) is 0 Å². The van der Waals surface area contributed by atoms with Crippen LogP contribution in [-0.4, -0.2) is 11.5 Å². The van der Waals surface area contributed by atoms with Crippen molar-refractivity contribution < 1.29 is 1.43 Å². The van der Waals surface area contributed by atoms with Crippen LogP contribution in [0.3, 0.4) is 0 Å². The van der Waals surface area contributed by atoms with Crippen LogP contribution in [0.15, 0.2) is 18.5 Å². The van der Waals surface area contributed by atoms with Crippen molar-refractivity contribution in [2.24, 2.45) is 5.92 Å². The average molecular weight is 206 g/mol. The van der Waals surface area contributed by atoms with Gasteiger partial charge in [-0.3, -0.25) is 4.98 Å². The summed E-state index contributed by atoms with van der Waals surface area (Å²) in [5.74, 6) is 1.53. The Labute approximate surface area is 93.6 Å². The minimum atomic E-state index is 0. The summed E-state index contributed by atoms with van der Waals surface area (Å²) in [4.78, 5) is 4.29. The molecule has 1 aliphatic rings. The molecule has 2 rings (SSSR count). The molecule has 0 bridgehead atoms. The quantitative estimate of drug-likeness (QED) is 0.795. The lowest BCUT2D eigenvalue weighted by atomic mass is 10.0. The zero-order valence-corrected chi connectivity index (χ0v) is 9.66. The average Bonchev–Trinajstić information content (AvgIpc) is 3.09. The fraction of sp³-hybridized carbons (Fsp3) is 0.615. The number of hydrogen-bond acceptors (Lipinski definition) is 2. The molecule has 0 saturated heterocycles. The van der Waals surface area contributed by atoms with Gasteiger partial charge in [-0.05, 0) is 42.7 Å². The van der Waals surface area contributed by atoms with Gasteiger partial charge >= 0.3 is 0 Å². The molecule has 1 unspecified atom stereocenters. The highest BCUT2D eigenvalue weighted by Gasteiger charge is 2.20. The van der Waals surface area contributed by atoms with E-state index in [0.29, 0.717) is 5.92 Å². The molecule has 84 valence electrons. The SMILES string of the molecule is CCC(C)c1cncc(NCC2CC2)c1.[HH]. The molecule has 1 saturated carbocycles. The van der Waals surface area contributed by atoms with E-state index in [1.54, 1.807) is 0 Å². The Morgan fingerprint density at radius 2 is 2.33 bits per heavy atom. The molecule has 1 aromatic heterocycles. The van der Waals surface area contributed by atoms with Gasteiger partial charge in [-0.1, -0.05) is 13.8 Å². The molecule has 0 spiro atoms. The van der Waals surface area contributed by atoms with Crippen LogP contribution in [0.2, 0.25) is 0 Å². The second-order valence-corrected chi connectivity index (χ2v) is 4.64. The fourth-order valence-corrected chi connectivity index (χ4v) is 1.64. The maximum absolute atomic E-state index is 4.29. The number of pyridine rings is 1. The number of aromatic nitrogens is 1. The summed E-state index contributed by atoms with van der Waals surface area (Å²) in [5.41, 5.74) is 2.53. The van der Waals surface area contributed by atoms with Crippen LogP contribution in [0.25, 0.3) is 0 Å². The summed E-state index contributed by atoms with van der Waals surface area (Å²) in [6.45, 7) is 5.59. The van der Waals surface area contributed by atoms with Crippen molar-refractivity contribution >= 4 is 5.69 Å². The van der Waals surface area contributed by atoms with Crippen molar-refractivity contribution in [3.05, 3.63) is 24.0 Å². The number of hydrogen-bond donors (Lipinski definition) is 1. The van der Waals surface area contributed by atoms with E-state index in [0.717, 1.165) is 12.5 Å². The first kappa shape index (κ1) is 10.5. The molecular weight excluding hydrogens is 184 g/mol. The Morgan fingerprint density at radius 3 is 3.00 bits per heavy atom. The Bertz CT molecular complexity index is 323. The molecule has 2 heteroatoms. The zero-order valence-electron chi connectivity index (χ0n) is 9.66. The van der Waals surface area contributed by atoms with Gasteiger partial charge in [0.2, 0.25) is 0 Å². The first-order valence-corrected chi connectivity index (χ1v) is 5.98. The van der Waals surface area contributed by atoms with E-state index in [1.165, 1.54) is 30.5 Å². The van der Waals surface area contributed by atoms with Crippen LogP contribution in [0, 0.1) is 5.92 Å². The monoisotopic (exact) mass is 206 g/mol. The molecule has 1 N–H and O–H groups in total. The Kier molecular flexibility index (Phi) is 3.24. The summed E-state index contributed by atoms with van der Waals surface area (Å²) >= 11 is 0. The smallest absolute Gasteiger partial charge is 0.0529 e. The standard InChI is InChI=1S/C13H20N2.H2/c1-3-10(2)12-6-13(9-14-8-12)15-7-11-4-5-11;/h6,8-11,15H,3-5,7H2,1-2H3;1H. The lowest BCUT2D eigenvalue weighted by Gasteiger charge is -2.11. The van der Waals surface area contributed by atoms with Crippen LogP contribution in [0.4, 0.5) is 5.69 Å². The van der Waals surface area contributed by atoms with Crippen LogP contribution < -0.4 is 5.32 Å². The fourth-order valence-electron chi connectivity index (χ4n) is 1.64. The molecule has 1 atom stereocenters. The molecular formula is C13H22N2. The van der Waals surface area contributed by atoms with Gasteiger partial charge in [0.1, 0.15) is 0 Å². The first-order chi connectivity index (χ1) is 7.29. The lowest BCUT2D eigenvalue weighted by molar-refractivity contribution is 0.729. The van der Waals surface area contributed by atoms with Crippen molar-refractivity contribution in [2.45, 2.75) is 39.0 Å². The summed E-state index contributed by atoms with van der Waals surface area (Å²) in [5, 5.41) is 3.46. The maximum Gasteiger partial charge on any atom is 0.0529 e. The normalized spacial score (nSPS) is 17.5. The molecule has 2 nitrogen and oxygen atoms in total. The second kappa shape index (κ2) is 4.65. The van der Waals surface area contributed by atoms with Gasteiger partial charge in [0.05, 0.1) is 5.69 Å². The molecule has 1 aromatic rings. The minimum absolute atomic E-state index is 0. The Balaban J connectivity index is 0.00000128. The molecule has 0 aliphatic heterocycles. The summed E-state index contributed by atoms with van der Waals surface area (Å²) < 4.78 is 0. The summed E-state index contributed by atoms with van der Waals surface area (Å²) in [7, 11) is 0. The zero-order chi connectivity index (χ0) is 10.7. The largest absolute Gasteiger partial charge is 0.384 e. The minimum Gasteiger partial charge on any atom is -0.384 e. The Morgan fingerprint density at radius 1 is 1.53 bits per heavy atom. The Hall–Kier alpha value is -1.05. The van der Waals surface area contributed by atoms with Crippen molar-refractivity contribution in [2.75, 3.05) is 11.9 Å². The maximum atomic E-state index is 4.29. The van der Waals surface area contributed by atoms with Gasteiger partial charge in [-0.25, -0.2) is 0 Å². The highest BCUT2D eigenvalue weighted by Crippen LogP contribution is 2.29. The molecule has 1 fully saturated rings. The van der Waals surface area contributed by atoms with Crippen molar-refractivity contribution in [3.63, 3.8) is 0 Å². The van der Waals surface area contributed by atoms with Gasteiger partial charge in [0.15, 0.2) is 0 Å². The highest BCUT2D eigenvalue weighted by atomic mass is 14.9. The van der Waals surface area contributed by atoms with E-state index < -0.39 is 0 Å². The van der Waals surface area contributed by atoms with Crippen LogP contribution in [0.5, 0.6) is 0 Å². The van der Waals surface area contributed by atoms with Crippen LogP contribution in [0.1, 0.15) is 46.0 Å². The molecule has 1 heterocycles. The number of nitrogens with zero attached hydrogens (tertiary/aromatic N) is 1. The first-order valence-electron chi connectivity index (χ1n) is 5.98. The van der Waals surface area contributed by atoms with Crippen molar-refractivity contribution in [1.82, 2.24) is 4.98 Å². The number of rotatable bonds is 5. The van der Waals surface area contributed by atoms with Crippen molar-refractivity contribution in [3.8, 4) is 0 Å². The topological polar surface area (TPSA) is 24.9 Å². The summed E-state index contributed by atoms with van der Waals surface area (Å²) in [6, 6.07) is 2.24. The molecule has 1 aliphatic carbocycles. The van der Waals surface area contributed by atoms with Gasteiger partial charge in [0, 0.05) is 20.4 Å². The van der Waals surface area contributed by atoms with Gasteiger partial charge < -0.3 is 5.32 Å². The third-order valence-corrected chi connectivity index (χ3v) is 3.23. The molecule has 0 aromatic carbocycles. The van der Waals surface area contributed by atoms with Crippen LogP contribution in [-0.2, 0) is 0 Å². The van der Waals surface area contributed by atoms with Gasteiger partial charge in [-0.15, -0.1) is 0 Å². The van der Waals surface area contributed by atoms with E-state index in [1.807, 2.05) is 12.4 Å². The van der Waals surface area contributed by atoms with E-state index in [4.69, 9.17) is 0 Å². The van der Waals surface area contributed by atoms with E-state index >= 15 is 0 Å². The molecule has 0 amide bonds. The lowest BCUT2D eigenvalue weighted by Crippen LogP contribution is -2.04. The third-order valence-electron chi connectivity index (χ3n) is 3.23. The predicted octanol–water partition coefficient (Wildman–Crippen LogP) is 3.66. The number of anilines is 1. The van der Waals surface area contributed by atoms with E-state index in [2.05, 4.69) is 30.2 Å². The molecule has 15 heavy (non-hydrogen) atoms. The van der Waals surface area contributed by atoms with Crippen molar-refractivity contribution in [1.29, 1.82) is 0 Å². The van der Waals surface area contributed by atoms with Crippen LogP contribution >= 0.6 is 0 Å². The number of nitrogens with one attached hydrogen (secondary N) is 1. The molecule has 0 radical (unpaired) electrons.